The number of carbonyl (C=O) groups excluding carboxylic acids is 1. The average Bonchev–Trinajstić information content (AvgIpc) is 2.53. The Hall–Kier alpha value is -2.35. The van der Waals surface area contributed by atoms with Gasteiger partial charge in [0.25, 0.3) is 5.91 Å². The van der Waals surface area contributed by atoms with Gasteiger partial charge < -0.3 is 9.32 Å². The zero-order chi connectivity index (χ0) is 17.3. The summed E-state index contributed by atoms with van der Waals surface area (Å²) in [4.78, 5) is 27.1. The maximum absolute atomic E-state index is 12.4. The molecule has 0 radical (unpaired) electrons. The zero-order valence-corrected chi connectivity index (χ0v) is 12.7. The first-order valence-corrected chi connectivity index (χ1v) is 7.45. The number of carbonyl (C=O) groups is 1. The van der Waals surface area contributed by atoms with Crippen molar-refractivity contribution in [3.63, 3.8) is 0 Å². The van der Waals surface area contributed by atoms with Crippen LogP contribution in [0.5, 0.6) is 0 Å². The van der Waals surface area contributed by atoms with Gasteiger partial charge in [-0.3, -0.25) is 14.5 Å². The molecule has 0 spiro atoms. The smallest absolute Gasteiger partial charge is 0.401 e. The van der Waals surface area contributed by atoms with E-state index in [9.17, 15) is 22.8 Å². The number of hydrogen-bond donors (Lipinski definition) is 0. The van der Waals surface area contributed by atoms with Gasteiger partial charge in [-0.05, 0) is 12.1 Å². The lowest BCUT2D eigenvalue weighted by atomic mass is 10.2. The van der Waals surface area contributed by atoms with E-state index in [1.54, 1.807) is 24.3 Å². The molecule has 0 N–H and O–H groups in total. The van der Waals surface area contributed by atoms with Crippen LogP contribution in [-0.2, 0) is 0 Å². The van der Waals surface area contributed by atoms with E-state index >= 15 is 0 Å². The van der Waals surface area contributed by atoms with Gasteiger partial charge in [0.15, 0.2) is 11.2 Å². The molecule has 128 valence electrons. The summed E-state index contributed by atoms with van der Waals surface area (Å²) >= 11 is 0. The third-order valence-corrected chi connectivity index (χ3v) is 3.91. The molecule has 0 bridgehead atoms. The lowest BCUT2D eigenvalue weighted by Crippen LogP contribution is -2.51. The molecule has 5 nitrogen and oxygen atoms in total. The van der Waals surface area contributed by atoms with E-state index in [2.05, 4.69) is 0 Å². The molecule has 24 heavy (non-hydrogen) atoms. The first-order valence-electron chi connectivity index (χ1n) is 7.45. The van der Waals surface area contributed by atoms with Crippen molar-refractivity contribution in [3.8, 4) is 0 Å². The maximum Gasteiger partial charge on any atom is 0.401 e. The van der Waals surface area contributed by atoms with E-state index in [1.165, 1.54) is 9.80 Å². The first-order chi connectivity index (χ1) is 11.3. The van der Waals surface area contributed by atoms with Crippen molar-refractivity contribution in [2.24, 2.45) is 0 Å². The van der Waals surface area contributed by atoms with Crippen molar-refractivity contribution < 1.29 is 22.4 Å². The maximum atomic E-state index is 12.4. The molecule has 1 aliphatic heterocycles. The minimum atomic E-state index is -4.25. The summed E-state index contributed by atoms with van der Waals surface area (Å²) in [7, 11) is 0. The topological polar surface area (TPSA) is 53.8 Å². The second-order valence-corrected chi connectivity index (χ2v) is 5.65. The minimum Gasteiger partial charge on any atom is -0.451 e. The standard InChI is InChI=1S/C16H15F3N2O3/c17-16(18,19)10-20-5-7-21(8-6-20)15(23)14-9-12(22)11-3-1-2-4-13(11)24-14/h1-4,9H,5-8,10H2. The number of halogens is 3. The Morgan fingerprint density at radius 2 is 1.79 bits per heavy atom. The van der Waals surface area contributed by atoms with Crippen LogP contribution in [0.1, 0.15) is 10.6 Å². The zero-order valence-electron chi connectivity index (χ0n) is 12.7. The molecule has 1 amide bonds. The highest BCUT2D eigenvalue weighted by Crippen LogP contribution is 2.18. The third-order valence-electron chi connectivity index (χ3n) is 3.91. The number of piperazine rings is 1. The summed E-state index contributed by atoms with van der Waals surface area (Å²) in [5.41, 5.74) is -0.0139. The largest absolute Gasteiger partial charge is 0.451 e. The molecular weight excluding hydrogens is 325 g/mol. The molecule has 8 heteroatoms. The van der Waals surface area contributed by atoms with Gasteiger partial charge in [0.2, 0.25) is 0 Å². The van der Waals surface area contributed by atoms with Gasteiger partial charge >= 0.3 is 6.18 Å². The summed E-state index contributed by atoms with van der Waals surface area (Å²) in [5, 5.41) is 0.379. The third kappa shape index (κ3) is 3.59. The lowest BCUT2D eigenvalue weighted by Gasteiger charge is -2.34. The Morgan fingerprint density at radius 1 is 1.12 bits per heavy atom. The number of alkyl halides is 3. The fraction of sp³-hybridized carbons (Fsp3) is 0.375. The molecule has 0 unspecified atom stereocenters. The molecule has 2 aromatic rings. The van der Waals surface area contributed by atoms with Crippen LogP contribution in [0.25, 0.3) is 11.0 Å². The number of hydrogen-bond acceptors (Lipinski definition) is 4. The number of para-hydroxylation sites is 1. The van der Waals surface area contributed by atoms with Gasteiger partial charge in [0.05, 0.1) is 11.9 Å². The van der Waals surface area contributed by atoms with Gasteiger partial charge in [0, 0.05) is 32.2 Å². The van der Waals surface area contributed by atoms with Crippen LogP contribution >= 0.6 is 0 Å². The van der Waals surface area contributed by atoms with Crippen molar-refractivity contribution >= 4 is 16.9 Å². The molecule has 1 aromatic carbocycles. The Bertz CT molecular complexity index is 808. The second-order valence-electron chi connectivity index (χ2n) is 5.65. The van der Waals surface area contributed by atoms with E-state index in [1.807, 2.05) is 0 Å². The van der Waals surface area contributed by atoms with E-state index < -0.39 is 18.6 Å². The summed E-state index contributed by atoms with van der Waals surface area (Å²) in [6, 6.07) is 7.71. The SMILES string of the molecule is O=C(c1cc(=O)c2ccccc2o1)N1CCN(CC(F)(F)F)CC1. The molecule has 0 aliphatic carbocycles. The predicted octanol–water partition coefficient (Wildman–Crippen LogP) is 2.11. The highest BCUT2D eigenvalue weighted by atomic mass is 19.4. The Balaban J connectivity index is 1.73. The molecule has 1 fully saturated rings. The summed E-state index contributed by atoms with van der Waals surface area (Å²) in [6.07, 6.45) is -4.25. The van der Waals surface area contributed by atoms with E-state index in [-0.39, 0.29) is 37.4 Å². The summed E-state index contributed by atoms with van der Waals surface area (Å²) < 4.78 is 42.6. The van der Waals surface area contributed by atoms with Crippen molar-refractivity contribution in [2.45, 2.75) is 6.18 Å². The number of nitrogens with zero attached hydrogens (tertiary/aromatic N) is 2. The summed E-state index contributed by atoms with van der Waals surface area (Å²) in [6.45, 7) is -0.414. The molecule has 1 aliphatic rings. The van der Waals surface area contributed by atoms with Crippen LogP contribution in [0.4, 0.5) is 13.2 Å². The Morgan fingerprint density at radius 3 is 2.46 bits per heavy atom. The minimum absolute atomic E-state index is 0.0945. The molecule has 3 rings (SSSR count). The number of benzene rings is 1. The molecular formula is C16H15F3N2O3. The average molecular weight is 340 g/mol. The van der Waals surface area contributed by atoms with Crippen LogP contribution in [0.15, 0.2) is 39.5 Å². The summed E-state index contributed by atoms with van der Waals surface area (Å²) in [5.74, 6) is -0.576. The number of fused-ring (bicyclic) bond motifs is 1. The quantitative estimate of drug-likeness (QED) is 0.840. The lowest BCUT2D eigenvalue weighted by molar-refractivity contribution is -0.148. The normalized spacial score (nSPS) is 16.5. The fourth-order valence-corrected chi connectivity index (χ4v) is 2.73. The molecule has 0 atom stereocenters. The van der Waals surface area contributed by atoms with Crippen molar-refractivity contribution in [1.82, 2.24) is 9.80 Å². The highest BCUT2D eigenvalue weighted by Gasteiger charge is 2.33. The van der Waals surface area contributed by atoms with Crippen LogP contribution in [-0.4, -0.2) is 54.6 Å². The fourth-order valence-electron chi connectivity index (χ4n) is 2.73. The Labute approximate surface area is 135 Å². The van der Waals surface area contributed by atoms with Crippen LogP contribution in [0.2, 0.25) is 0 Å². The van der Waals surface area contributed by atoms with Gasteiger partial charge in [0.1, 0.15) is 5.58 Å². The van der Waals surface area contributed by atoms with Crippen LogP contribution in [0.3, 0.4) is 0 Å². The van der Waals surface area contributed by atoms with Gasteiger partial charge in [-0.2, -0.15) is 13.2 Å². The predicted molar refractivity (Wildman–Crippen MR) is 80.9 cm³/mol. The first kappa shape index (κ1) is 16.5. The molecule has 1 saturated heterocycles. The molecule has 0 saturated carbocycles. The van der Waals surface area contributed by atoms with Crippen LogP contribution < -0.4 is 5.43 Å². The van der Waals surface area contributed by atoms with Crippen molar-refractivity contribution in [1.29, 1.82) is 0 Å². The van der Waals surface area contributed by atoms with Crippen LogP contribution in [0, 0.1) is 0 Å². The number of amides is 1. The second kappa shape index (κ2) is 6.27. The van der Waals surface area contributed by atoms with E-state index in [0.717, 1.165) is 6.07 Å². The van der Waals surface area contributed by atoms with Crippen molar-refractivity contribution in [2.75, 3.05) is 32.7 Å². The van der Waals surface area contributed by atoms with Gasteiger partial charge in [-0.25, -0.2) is 0 Å². The van der Waals surface area contributed by atoms with Crippen molar-refractivity contribution in [3.05, 3.63) is 46.3 Å². The number of rotatable bonds is 2. The van der Waals surface area contributed by atoms with E-state index in [0.29, 0.717) is 11.0 Å². The monoisotopic (exact) mass is 340 g/mol. The highest BCUT2D eigenvalue weighted by molar-refractivity contribution is 5.93. The molecule has 1 aromatic heterocycles. The van der Waals surface area contributed by atoms with Gasteiger partial charge in [-0.15, -0.1) is 0 Å². The van der Waals surface area contributed by atoms with Gasteiger partial charge in [-0.1, -0.05) is 12.1 Å². The van der Waals surface area contributed by atoms with E-state index in [4.69, 9.17) is 4.42 Å². The Kier molecular flexibility index (Phi) is 4.31. The molecule has 2 heterocycles.